The molecule has 0 radical (unpaired) electrons. The Balaban J connectivity index is 1.90. The fourth-order valence-corrected chi connectivity index (χ4v) is 2.46. The maximum Gasteiger partial charge on any atom is 0.257 e. The minimum Gasteiger partial charge on any atom is -0.384 e. The van der Waals surface area contributed by atoms with Gasteiger partial charge >= 0.3 is 0 Å². The van der Waals surface area contributed by atoms with Crippen LogP contribution in [0, 0.1) is 6.92 Å². The fourth-order valence-electron chi connectivity index (χ4n) is 2.26. The molecule has 3 aromatic rings. The number of nitrogens with one attached hydrogen (secondary N) is 1. The molecule has 3 N–H and O–H groups in total. The van der Waals surface area contributed by atoms with Gasteiger partial charge in [0.25, 0.3) is 5.91 Å². The first-order chi connectivity index (χ1) is 11.5. The lowest BCUT2D eigenvalue weighted by Crippen LogP contribution is -2.12. The van der Waals surface area contributed by atoms with E-state index in [1.807, 2.05) is 18.5 Å². The molecule has 1 amide bonds. The van der Waals surface area contributed by atoms with E-state index >= 15 is 0 Å². The van der Waals surface area contributed by atoms with E-state index in [2.05, 4.69) is 15.3 Å². The molecule has 7 heteroatoms. The molecule has 3 rings (SSSR count). The first kappa shape index (κ1) is 16.0. The molecule has 0 spiro atoms. The molecule has 24 heavy (non-hydrogen) atoms. The molecule has 6 nitrogen and oxygen atoms in total. The van der Waals surface area contributed by atoms with Crippen LogP contribution in [0.3, 0.4) is 0 Å². The molecule has 0 saturated heterocycles. The van der Waals surface area contributed by atoms with E-state index in [0.717, 1.165) is 17.1 Å². The van der Waals surface area contributed by atoms with Gasteiger partial charge in [-0.1, -0.05) is 11.6 Å². The van der Waals surface area contributed by atoms with E-state index in [-0.39, 0.29) is 5.91 Å². The van der Waals surface area contributed by atoms with Gasteiger partial charge in [0.05, 0.1) is 10.6 Å². The van der Waals surface area contributed by atoms with Crippen LogP contribution in [0.1, 0.15) is 16.1 Å². The number of nitrogens with two attached hydrogens (primary N) is 1. The van der Waals surface area contributed by atoms with Crippen molar-refractivity contribution in [3.8, 4) is 11.4 Å². The number of aryl methyl sites for hydroxylation is 1. The Morgan fingerprint density at radius 2 is 2.00 bits per heavy atom. The summed E-state index contributed by atoms with van der Waals surface area (Å²) in [6, 6.07) is 8.48. The third-order valence-electron chi connectivity index (χ3n) is 3.73. The number of nitrogen functional groups attached to an aromatic ring is 1. The standard InChI is InChI=1S/C17H16ClN5O/c1-10-8-21-16(23(10)2)13-7-12(4-5-14(13)18)22-17(24)11-3-6-15(19)20-9-11/h3-9H,1-2H3,(H2,19,20)(H,22,24). The summed E-state index contributed by atoms with van der Waals surface area (Å²) in [5, 5.41) is 3.39. The van der Waals surface area contributed by atoms with Crippen LogP contribution in [0.15, 0.2) is 42.7 Å². The number of anilines is 2. The second kappa shape index (κ2) is 6.33. The van der Waals surface area contributed by atoms with Crippen molar-refractivity contribution >= 4 is 29.0 Å². The van der Waals surface area contributed by atoms with Crippen LogP contribution < -0.4 is 11.1 Å². The highest BCUT2D eigenvalue weighted by Gasteiger charge is 2.13. The molecule has 0 aliphatic carbocycles. The molecule has 0 fully saturated rings. The molecule has 0 aliphatic rings. The number of amides is 1. The van der Waals surface area contributed by atoms with Crippen molar-refractivity contribution in [2.75, 3.05) is 11.1 Å². The van der Waals surface area contributed by atoms with Crippen LogP contribution in [0.2, 0.25) is 5.02 Å². The second-order valence-corrected chi connectivity index (χ2v) is 5.81. The van der Waals surface area contributed by atoms with E-state index in [1.54, 1.807) is 36.5 Å². The van der Waals surface area contributed by atoms with Crippen LogP contribution in [-0.2, 0) is 7.05 Å². The van der Waals surface area contributed by atoms with Gasteiger partial charge in [0, 0.05) is 36.4 Å². The van der Waals surface area contributed by atoms with Gasteiger partial charge in [-0.3, -0.25) is 4.79 Å². The summed E-state index contributed by atoms with van der Waals surface area (Å²) in [7, 11) is 1.92. The maximum absolute atomic E-state index is 12.3. The van der Waals surface area contributed by atoms with Crippen molar-refractivity contribution in [1.82, 2.24) is 14.5 Å². The molecular weight excluding hydrogens is 326 g/mol. The molecule has 0 unspecified atom stereocenters. The normalized spacial score (nSPS) is 10.6. The predicted octanol–water partition coefficient (Wildman–Crippen LogP) is 3.28. The van der Waals surface area contributed by atoms with Crippen LogP contribution in [0.5, 0.6) is 0 Å². The number of carbonyl (C=O) groups is 1. The minimum absolute atomic E-state index is 0.271. The smallest absolute Gasteiger partial charge is 0.257 e. The third kappa shape index (κ3) is 3.09. The first-order valence-corrected chi connectivity index (χ1v) is 7.64. The van der Waals surface area contributed by atoms with Crippen molar-refractivity contribution in [2.45, 2.75) is 6.92 Å². The van der Waals surface area contributed by atoms with Gasteiger partial charge in [-0.25, -0.2) is 9.97 Å². The Labute approximate surface area is 144 Å². The number of nitrogens with zero attached hydrogens (tertiary/aromatic N) is 3. The zero-order chi connectivity index (χ0) is 17.3. The van der Waals surface area contributed by atoms with E-state index < -0.39 is 0 Å². The van der Waals surface area contributed by atoms with Gasteiger partial charge in [0.2, 0.25) is 0 Å². The van der Waals surface area contributed by atoms with Crippen LogP contribution >= 0.6 is 11.6 Å². The van der Waals surface area contributed by atoms with E-state index in [4.69, 9.17) is 17.3 Å². The maximum atomic E-state index is 12.3. The van der Waals surface area contributed by atoms with Crippen molar-refractivity contribution in [3.05, 3.63) is 59.0 Å². The summed E-state index contributed by atoms with van der Waals surface area (Å²) in [5.74, 6) is 0.833. The number of aromatic nitrogens is 3. The van der Waals surface area contributed by atoms with E-state index in [0.29, 0.717) is 22.1 Å². The highest BCUT2D eigenvalue weighted by molar-refractivity contribution is 6.33. The molecule has 122 valence electrons. The Kier molecular flexibility index (Phi) is 4.22. The number of hydrogen-bond acceptors (Lipinski definition) is 4. The molecule has 0 saturated carbocycles. The van der Waals surface area contributed by atoms with Gasteiger partial charge in [0.15, 0.2) is 0 Å². The van der Waals surface area contributed by atoms with Gasteiger partial charge in [0.1, 0.15) is 11.6 Å². The topological polar surface area (TPSA) is 85.8 Å². The SMILES string of the molecule is Cc1cnc(-c2cc(NC(=O)c3ccc(N)nc3)ccc2Cl)n1C. The minimum atomic E-state index is -0.271. The van der Waals surface area contributed by atoms with Crippen LogP contribution in [-0.4, -0.2) is 20.4 Å². The average Bonchev–Trinajstić information content (AvgIpc) is 2.89. The Morgan fingerprint density at radius 3 is 2.62 bits per heavy atom. The Bertz CT molecular complexity index is 902. The Hall–Kier alpha value is -2.86. The number of hydrogen-bond donors (Lipinski definition) is 2. The number of rotatable bonds is 3. The Morgan fingerprint density at radius 1 is 1.21 bits per heavy atom. The summed E-state index contributed by atoms with van der Waals surface area (Å²) < 4.78 is 1.94. The highest BCUT2D eigenvalue weighted by Crippen LogP contribution is 2.30. The summed E-state index contributed by atoms with van der Waals surface area (Å²) in [5.41, 5.74) is 8.34. The summed E-state index contributed by atoms with van der Waals surface area (Å²) >= 11 is 6.29. The molecule has 0 atom stereocenters. The van der Waals surface area contributed by atoms with Gasteiger partial charge in [-0.05, 0) is 37.3 Å². The number of imidazole rings is 1. The molecule has 2 heterocycles. The third-order valence-corrected chi connectivity index (χ3v) is 4.06. The molecule has 1 aromatic carbocycles. The molecular formula is C17H16ClN5O. The van der Waals surface area contributed by atoms with Crippen LogP contribution in [0.25, 0.3) is 11.4 Å². The fraction of sp³-hybridized carbons (Fsp3) is 0.118. The lowest BCUT2D eigenvalue weighted by Gasteiger charge is -2.10. The number of benzene rings is 1. The van der Waals surface area contributed by atoms with Crippen LogP contribution in [0.4, 0.5) is 11.5 Å². The van der Waals surface area contributed by atoms with Crippen molar-refractivity contribution in [3.63, 3.8) is 0 Å². The van der Waals surface area contributed by atoms with Gasteiger partial charge in [-0.2, -0.15) is 0 Å². The summed E-state index contributed by atoms with van der Waals surface area (Å²) in [6.07, 6.45) is 3.21. The predicted molar refractivity (Wildman–Crippen MR) is 95.0 cm³/mol. The lowest BCUT2D eigenvalue weighted by molar-refractivity contribution is 0.102. The number of halogens is 1. The summed E-state index contributed by atoms with van der Waals surface area (Å²) in [6.45, 7) is 1.96. The van der Waals surface area contributed by atoms with E-state index in [1.165, 1.54) is 6.20 Å². The number of pyridine rings is 1. The lowest BCUT2D eigenvalue weighted by atomic mass is 10.1. The second-order valence-electron chi connectivity index (χ2n) is 5.40. The van der Waals surface area contributed by atoms with E-state index in [9.17, 15) is 4.79 Å². The molecule has 0 aliphatic heterocycles. The largest absolute Gasteiger partial charge is 0.384 e. The van der Waals surface area contributed by atoms with Gasteiger partial charge in [-0.15, -0.1) is 0 Å². The highest BCUT2D eigenvalue weighted by atomic mass is 35.5. The van der Waals surface area contributed by atoms with Crippen molar-refractivity contribution in [1.29, 1.82) is 0 Å². The first-order valence-electron chi connectivity index (χ1n) is 7.27. The molecule has 2 aromatic heterocycles. The monoisotopic (exact) mass is 341 g/mol. The molecule has 0 bridgehead atoms. The zero-order valence-electron chi connectivity index (χ0n) is 13.2. The van der Waals surface area contributed by atoms with Crippen molar-refractivity contribution in [2.24, 2.45) is 7.05 Å². The summed E-state index contributed by atoms with van der Waals surface area (Å²) in [4.78, 5) is 20.6. The number of carbonyl (C=O) groups excluding carboxylic acids is 1. The van der Waals surface area contributed by atoms with Gasteiger partial charge < -0.3 is 15.6 Å². The quantitative estimate of drug-likeness (QED) is 0.765. The average molecular weight is 342 g/mol. The van der Waals surface area contributed by atoms with Crippen molar-refractivity contribution < 1.29 is 4.79 Å². The zero-order valence-corrected chi connectivity index (χ0v) is 14.0.